The van der Waals surface area contributed by atoms with Gasteiger partial charge in [-0.3, -0.25) is 4.79 Å². The summed E-state index contributed by atoms with van der Waals surface area (Å²) < 4.78 is 22.7. The number of aromatic nitrogens is 4. The molecule has 192 valence electrons. The highest BCUT2D eigenvalue weighted by molar-refractivity contribution is 5.98. The lowest BCUT2D eigenvalue weighted by Gasteiger charge is -2.23. The Labute approximate surface area is 213 Å². The summed E-state index contributed by atoms with van der Waals surface area (Å²) in [5, 5.41) is 6.58. The van der Waals surface area contributed by atoms with Crippen molar-refractivity contribution in [2.75, 3.05) is 39.8 Å². The number of aromatic amines is 1. The molecule has 4 aromatic rings. The quantitative estimate of drug-likeness (QED) is 0.328. The summed E-state index contributed by atoms with van der Waals surface area (Å²) >= 11 is 0. The van der Waals surface area contributed by atoms with Crippen LogP contribution in [0.2, 0.25) is 0 Å². The van der Waals surface area contributed by atoms with Gasteiger partial charge in [-0.2, -0.15) is 9.97 Å². The van der Waals surface area contributed by atoms with Crippen LogP contribution >= 0.6 is 0 Å². The van der Waals surface area contributed by atoms with Crippen LogP contribution in [0.25, 0.3) is 22.2 Å². The number of nitrogens with one attached hydrogen (secondary N) is 3. The van der Waals surface area contributed by atoms with Crippen molar-refractivity contribution in [2.45, 2.75) is 18.9 Å². The predicted octanol–water partition coefficient (Wildman–Crippen LogP) is 3.70. The third-order valence-corrected chi connectivity index (χ3v) is 6.14. The molecular formula is C26H28N6O5. The Kier molecular flexibility index (Phi) is 7.04. The van der Waals surface area contributed by atoms with Gasteiger partial charge < -0.3 is 34.6 Å². The number of anilines is 2. The Morgan fingerprint density at radius 1 is 1.11 bits per heavy atom. The van der Waals surface area contributed by atoms with E-state index < -0.39 is 0 Å². The number of ether oxygens (including phenoxy) is 4. The minimum Gasteiger partial charge on any atom is -0.495 e. The second-order valence-electron chi connectivity index (χ2n) is 8.41. The molecule has 0 radical (unpaired) electrons. The summed E-state index contributed by atoms with van der Waals surface area (Å²) in [6.07, 6.45) is 5.07. The van der Waals surface area contributed by atoms with Gasteiger partial charge in [0.2, 0.25) is 17.7 Å². The number of pyridine rings is 1. The average molecular weight is 505 g/mol. The van der Waals surface area contributed by atoms with Crippen molar-refractivity contribution < 1.29 is 23.7 Å². The van der Waals surface area contributed by atoms with Crippen molar-refractivity contribution in [1.29, 1.82) is 0 Å². The molecule has 11 heteroatoms. The van der Waals surface area contributed by atoms with Crippen LogP contribution in [-0.4, -0.2) is 66.4 Å². The molecule has 4 heterocycles. The summed E-state index contributed by atoms with van der Waals surface area (Å²) in [5.41, 5.74) is 3.46. The maximum Gasteiger partial charge on any atom is 0.251 e. The van der Waals surface area contributed by atoms with Gasteiger partial charge in [-0.15, -0.1) is 0 Å². The molecule has 0 bridgehead atoms. The molecule has 0 aliphatic carbocycles. The molecule has 0 spiro atoms. The molecule has 5 rings (SSSR count). The number of carbonyl (C=O) groups is 1. The summed E-state index contributed by atoms with van der Waals surface area (Å²) in [7, 11) is 4.70. The highest BCUT2D eigenvalue weighted by atomic mass is 16.5. The van der Waals surface area contributed by atoms with Crippen LogP contribution in [-0.2, 0) is 4.74 Å². The maximum absolute atomic E-state index is 12.0. The maximum atomic E-state index is 12.0. The highest BCUT2D eigenvalue weighted by Crippen LogP contribution is 2.37. The lowest BCUT2D eigenvalue weighted by atomic mass is 10.1. The van der Waals surface area contributed by atoms with E-state index in [0.717, 1.165) is 29.4 Å². The van der Waals surface area contributed by atoms with Gasteiger partial charge in [-0.25, -0.2) is 4.98 Å². The van der Waals surface area contributed by atoms with Crippen LogP contribution in [0.1, 0.15) is 23.2 Å². The fourth-order valence-electron chi connectivity index (χ4n) is 4.21. The zero-order valence-corrected chi connectivity index (χ0v) is 20.8. The van der Waals surface area contributed by atoms with Gasteiger partial charge in [0.1, 0.15) is 17.5 Å². The van der Waals surface area contributed by atoms with E-state index in [1.54, 1.807) is 38.6 Å². The fourth-order valence-corrected chi connectivity index (χ4v) is 4.21. The van der Waals surface area contributed by atoms with Crippen molar-refractivity contribution in [1.82, 2.24) is 25.3 Å². The molecule has 3 N–H and O–H groups in total. The van der Waals surface area contributed by atoms with E-state index in [9.17, 15) is 4.79 Å². The Balaban J connectivity index is 1.56. The molecule has 37 heavy (non-hydrogen) atoms. The van der Waals surface area contributed by atoms with Gasteiger partial charge in [0.15, 0.2) is 0 Å². The summed E-state index contributed by atoms with van der Waals surface area (Å²) in [4.78, 5) is 28.9. The topological polar surface area (TPSA) is 133 Å². The monoisotopic (exact) mass is 504 g/mol. The Morgan fingerprint density at radius 3 is 2.70 bits per heavy atom. The van der Waals surface area contributed by atoms with E-state index >= 15 is 0 Å². The predicted molar refractivity (Wildman–Crippen MR) is 138 cm³/mol. The van der Waals surface area contributed by atoms with E-state index in [-0.39, 0.29) is 12.0 Å². The standard InChI is InChI=1S/C26H28N6O5/c1-27-24(33)16-4-5-19(20(12-16)34-2)30-26-31-23-22(25(32-26)37-17-7-10-36-11-8-17)18(14-29-23)15-6-9-28-21(13-15)35-3/h4-6,9,12-14,17H,7-8,10-11H2,1-3H3,(H,27,33)(H2,29,30,31,32). The minimum atomic E-state index is -0.207. The van der Waals surface area contributed by atoms with Crippen molar-refractivity contribution in [3.63, 3.8) is 0 Å². The number of H-pyrrole nitrogens is 1. The molecule has 1 amide bonds. The molecule has 11 nitrogen and oxygen atoms in total. The number of hydrogen-bond acceptors (Lipinski definition) is 9. The van der Waals surface area contributed by atoms with Crippen molar-refractivity contribution in [3.05, 3.63) is 48.3 Å². The second-order valence-corrected chi connectivity index (χ2v) is 8.41. The van der Waals surface area contributed by atoms with Gasteiger partial charge in [0.05, 0.1) is 38.5 Å². The smallest absolute Gasteiger partial charge is 0.251 e. The lowest BCUT2D eigenvalue weighted by Crippen LogP contribution is -2.26. The normalized spacial score (nSPS) is 13.8. The summed E-state index contributed by atoms with van der Waals surface area (Å²) in [6, 6.07) is 8.85. The number of nitrogens with zero attached hydrogens (tertiary/aromatic N) is 3. The second kappa shape index (κ2) is 10.7. The van der Waals surface area contributed by atoms with Gasteiger partial charge in [0, 0.05) is 49.5 Å². The van der Waals surface area contributed by atoms with Crippen LogP contribution in [0.15, 0.2) is 42.7 Å². The van der Waals surface area contributed by atoms with Crippen LogP contribution in [0.4, 0.5) is 11.6 Å². The van der Waals surface area contributed by atoms with Crippen molar-refractivity contribution in [2.24, 2.45) is 0 Å². The van der Waals surface area contributed by atoms with E-state index in [4.69, 9.17) is 28.9 Å². The van der Waals surface area contributed by atoms with Crippen LogP contribution in [0.3, 0.4) is 0 Å². The van der Waals surface area contributed by atoms with Gasteiger partial charge >= 0.3 is 0 Å². The zero-order valence-electron chi connectivity index (χ0n) is 20.8. The van der Waals surface area contributed by atoms with Crippen LogP contribution < -0.4 is 24.8 Å². The largest absolute Gasteiger partial charge is 0.495 e. The molecule has 0 atom stereocenters. The molecule has 1 aliphatic heterocycles. The number of hydrogen-bond donors (Lipinski definition) is 3. The Morgan fingerprint density at radius 2 is 1.95 bits per heavy atom. The zero-order chi connectivity index (χ0) is 25.8. The average Bonchev–Trinajstić information content (AvgIpc) is 3.38. The Bertz CT molecular complexity index is 1420. The number of benzene rings is 1. The van der Waals surface area contributed by atoms with E-state index in [1.807, 2.05) is 18.3 Å². The molecule has 1 aliphatic rings. The molecule has 0 saturated carbocycles. The van der Waals surface area contributed by atoms with Crippen molar-refractivity contribution >= 4 is 28.6 Å². The first-order chi connectivity index (χ1) is 18.1. The fraction of sp³-hybridized carbons (Fsp3) is 0.308. The summed E-state index contributed by atoms with van der Waals surface area (Å²) in [6.45, 7) is 1.28. The van der Waals surface area contributed by atoms with Gasteiger partial charge in [0.25, 0.3) is 5.91 Å². The molecule has 1 fully saturated rings. The van der Waals surface area contributed by atoms with E-state index in [1.165, 1.54) is 7.11 Å². The third-order valence-electron chi connectivity index (χ3n) is 6.14. The number of amides is 1. The molecular weight excluding hydrogens is 476 g/mol. The van der Waals surface area contributed by atoms with Crippen molar-refractivity contribution in [3.8, 4) is 28.6 Å². The van der Waals surface area contributed by atoms with Gasteiger partial charge in [-0.1, -0.05) is 0 Å². The first-order valence-corrected chi connectivity index (χ1v) is 11.9. The first kappa shape index (κ1) is 24.3. The number of methoxy groups -OCH3 is 2. The number of fused-ring (bicyclic) bond motifs is 1. The SMILES string of the molecule is CNC(=O)c1ccc(Nc2nc(OC3CCOCC3)c3c(-c4ccnc(OC)c4)c[nH]c3n2)c(OC)c1. The number of carbonyl (C=O) groups excluding carboxylic acids is 1. The minimum absolute atomic E-state index is 0.0317. The lowest BCUT2D eigenvalue weighted by molar-refractivity contribution is 0.0244. The van der Waals surface area contributed by atoms with E-state index in [2.05, 4.69) is 20.6 Å². The molecule has 1 saturated heterocycles. The summed E-state index contributed by atoms with van der Waals surface area (Å²) in [5.74, 6) is 1.55. The molecule has 1 aromatic carbocycles. The van der Waals surface area contributed by atoms with Crippen LogP contribution in [0.5, 0.6) is 17.5 Å². The highest BCUT2D eigenvalue weighted by Gasteiger charge is 2.22. The third kappa shape index (κ3) is 5.12. The first-order valence-electron chi connectivity index (χ1n) is 11.9. The molecule has 3 aromatic heterocycles. The molecule has 0 unspecified atom stereocenters. The van der Waals surface area contributed by atoms with Gasteiger partial charge in [-0.05, 0) is 29.8 Å². The van der Waals surface area contributed by atoms with Crippen LogP contribution in [0, 0.1) is 0 Å². The Hall–Kier alpha value is -4.38. The number of rotatable bonds is 8. The van der Waals surface area contributed by atoms with E-state index in [0.29, 0.717) is 53.6 Å².